The maximum atomic E-state index is 6.03. The van der Waals surface area contributed by atoms with Crippen LogP contribution in [-0.4, -0.2) is 4.57 Å². The Labute approximate surface area is 192 Å². The van der Waals surface area contributed by atoms with Crippen molar-refractivity contribution in [1.82, 2.24) is 4.57 Å². The van der Waals surface area contributed by atoms with E-state index in [0.717, 1.165) is 5.02 Å². The van der Waals surface area contributed by atoms with Gasteiger partial charge in [-0.15, -0.1) is 0 Å². The summed E-state index contributed by atoms with van der Waals surface area (Å²) in [6.45, 7) is 0. The summed E-state index contributed by atoms with van der Waals surface area (Å²) in [7, 11) is 0. The molecule has 0 atom stereocenters. The van der Waals surface area contributed by atoms with Gasteiger partial charge in [0.05, 0.1) is 11.0 Å². The van der Waals surface area contributed by atoms with Crippen LogP contribution in [0.15, 0.2) is 121 Å². The molecule has 0 bridgehead atoms. The predicted octanol–water partition coefficient (Wildman–Crippen LogP) is 8.77. The van der Waals surface area contributed by atoms with E-state index in [-0.39, 0.29) is 0 Å². The number of hydrogen-bond acceptors (Lipinski definition) is 0. The van der Waals surface area contributed by atoms with Crippen LogP contribution in [0.25, 0.3) is 49.7 Å². The molecule has 5 aromatic carbocycles. The average Bonchev–Trinajstić information content (AvgIpc) is 3.19. The fourth-order valence-corrected chi connectivity index (χ4v) is 4.65. The fourth-order valence-electron chi connectivity index (χ4n) is 4.52. The van der Waals surface area contributed by atoms with Crippen LogP contribution < -0.4 is 0 Å². The van der Waals surface area contributed by atoms with E-state index in [2.05, 4.69) is 114 Å². The summed E-state index contributed by atoms with van der Waals surface area (Å²) in [6.07, 6.45) is 0. The molecule has 0 amide bonds. The first kappa shape index (κ1) is 18.9. The molecule has 6 aromatic rings. The number of rotatable bonds is 3. The number of fused-ring (bicyclic) bond motifs is 3. The van der Waals surface area contributed by atoms with Crippen molar-refractivity contribution in [3.05, 3.63) is 126 Å². The second-order valence-corrected chi connectivity index (χ2v) is 8.44. The van der Waals surface area contributed by atoms with Gasteiger partial charge in [0.2, 0.25) is 0 Å². The third-order valence-electron chi connectivity index (χ3n) is 6.08. The van der Waals surface area contributed by atoms with Crippen LogP contribution in [-0.2, 0) is 0 Å². The van der Waals surface area contributed by atoms with Crippen molar-refractivity contribution < 1.29 is 0 Å². The Morgan fingerprint density at radius 2 is 0.938 bits per heavy atom. The molecule has 1 heterocycles. The third-order valence-corrected chi connectivity index (χ3v) is 6.33. The molecule has 1 nitrogen and oxygen atoms in total. The van der Waals surface area contributed by atoms with Crippen molar-refractivity contribution in [2.45, 2.75) is 0 Å². The molecule has 0 aliphatic rings. The monoisotopic (exact) mass is 429 g/mol. The Bertz CT molecular complexity index is 1500. The van der Waals surface area contributed by atoms with E-state index in [0.29, 0.717) is 0 Å². The summed E-state index contributed by atoms with van der Waals surface area (Å²) < 4.78 is 2.36. The van der Waals surface area contributed by atoms with E-state index in [9.17, 15) is 0 Å². The maximum Gasteiger partial charge on any atom is 0.0541 e. The summed E-state index contributed by atoms with van der Waals surface area (Å²) in [5, 5.41) is 3.31. The van der Waals surface area contributed by atoms with E-state index in [1.165, 1.54) is 49.7 Å². The van der Waals surface area contributed by atoms with Gasteiger partial charge in [-0.05, 0) is 58.7 Å². The highest BCUT2D eigenvalue weighted by Gasteiger charge is 2.12. The molecule has 0 saturated heterocycles. The van der Waals surface area contributed by atoms with Crippen LogP contribution in [0.5, 0.6) is 0 Å². The zero-order chi connectivity index (χ0) is 21.5. The normalized spacial score (nSPS) is 11.3. The second kappa shape index (κ2) is 7.71. The van der Waals surface area contributed by atoms with Gasteiger partial charge in [0.1, 0.15) is 0 Å². The van der Waals surface area contributed by atoms with Crippen molar-refractivity contribution in [3.8, 4) is 27.9 Å². The SMILES string of the molecule is Clc1ccc(-c2ccc(-c3cccc(-n4c5ccccc5c5ccccc54)c3)cc2)cc1. The lowest BCUT2D eigenvalue weighted by Gasteiger charge is -2.11. The zero-order valence-electron chi connectivity index (χ0n) is 17.4. The number of para-hydroxylation sites is 2. The van der Waals surface area contributed by atoms with Crippen molar-refractivity contribution in [2.24, 2.45) is 0 Å². The average molecular weight is 430 g/mol. The van der Waals surface area contributed by atoms with Crippen LogP contribution in [0, 0.1) is 0 Å². The minimum Gasteiger partial charge on any atom is -0.309 e. The Morgan fingerprint density at radius 1 is 0.438 bits per heavy atom. The first-order chi connectivity index (χ1) is 15.8. The molecule has 0 fully saturated rings. The number of halogens is 1. The highest BCUT2D eigenvalue weighted by Crippen LogP contribution is 2.33. The van der Waals surface area contributed by atoms with Gasteiger partial charge < -0.3 is 4.57 Å². The molecule has 0 saturated carbocycles. The minimum atomic E-state index is 0.757. The first-order valence-electron chi connectivity index (χ1n) is 10.7. The van der Waals surface area contributed by atoms with Crippen molar-refractivity contribution >= 4 is 33.4 Å². The van der Waals surface area contributed by atoms with Crippen LogP contribution in [0.2, 0.25) is 5.02 Å². The summed E-state index contributed by atoms with van der Waals surface area (Å²) in [6, 6.07) is 42.7. The molecule has 0 aliphatic carbocycles. The van der Waals surface area contributed by atoms with Gasteiger partial charge in [-0.25, -0.2) is 0 Å². The lowest BCUT2D eigenvalue weighted by Crippen LogP contribution is -1.94. The quantitative estimate of drug-likeness (QED) is 0.265. The Hall–Kier alpha value is -3.81. The molecule has 32 heavy (non-hydrogen) atoms. The highest BCUT2D eigenvalue weighted by molar-refractivity contribution is 6.30. The van der Waals surface area contributed by atoms with Crippen LogP contribution in [0.3, 0.4) is 0 Å². The van der Waals surface area contributed by atoms with Crippen LogP contribution in [0.1, 0.15) is 0 Å². The number of aromatic nitrogens is 1. The minimum absolute atomic E-state index is 0.757. The lowest BCUT2D eigenvalue weighted by atomic mass is 10.00. The van der Waals surface area contributed by atoms with Gasteiger partial charge in [0, 0.05) is 21.5 Å². The summed E-state index contributed by atoms with van der Waals surface area (Å²) in [4.78, 5) is 0. The molecular formula is C30H20ClN. The topological polar surface area (TPSA) is 4.93 Å². The van der Waals surface area contributed by atoms with Gasteiger partial charge in [-0.1, -0.05) is 96.5 Å². The zero-order valence-corrected chi connectivity index (χ0v) is 18.1. The second-order valence-electron chi connectivity index (χ2n) is 8.00. The molecule has 0 spiro atoms. The number of hydrogen-bond donors (Lipinski definition) is 0. The highest BCUT2D eigenvalue weighted by atomic mass is 35.5. The van der Waals surface area contributed by atoms with Gasteiger partial charge in [-0.3, -0.25) is 0 Å². The molecule has 152 valence electrons. The molecule has 0 unspecified atom stereocenters. The Kier molecular flexibility index (Phi) is 4.56. The molecule has 1 aromatic heterocycles. The number of benzene rings is 5. The Morgan fingerprint density at radius 3 is 1.53 bits per heavy atom. The van der Waals surface area contributed by atoms with Crippen molar-refractivity contribution in [3.63, 3.8) is 0 Å². The largest absolute Gasteiger partial charge is 0.309 e. The van der Waals surface area contributed by atoms with E-state index in [4.69, 9.17) is 11.6 Å². The summed E-state index contributed by atoms with van der Waals surface area (Å²) in [5.41, 5.74) is 8.37. The first-order valence-corrected chi connectivity index (χ1v) is 11.1. The van der Waals surface area contributed by atoms with Gasteiger partial charge in [0.15, 0.2) is 0 Å². The van der Waals surface area contributed by atoms with E-state index in [1.54, 1.807) is 0 Å². The molecule has 0 N–H and O–H groups in total. The molecular weight excluding hydrogens is 410 g/mol. The summed E-state index contributed by atoms with van der Waals surface area (Å²) in [5.74, 6) is 0. The van der Waals surface area contributed by atoms with E-state index in [1.807, 2.05) is 12.1 Å². The standard InChI is InChI=1S/C30H20ClN/c31-25-18-16-22(17-19-25)21-12-14-23(15-13-21)24-6-5-7-26(20-24)32-29-10-3-1-8-27(29)28-9-2-4-11-30(28)32/h1-20H. The van der Waals surface area contributed by atoms with Crippen LogP contribution in [0.4, 0.5) is 0 Å². The smallest absolute Gasteiger partial charge is 0.0541 e. The van der Waals surface area contributed by atoms with Gasteiger partial charge in [-0.2, -0.15) is 0 Å². The predicted molar refractivity (Wildman–Crippen MR) is 137 cm³/mol. The molecule has 0 radical (unpaired) electrons. The third kappa shape index (κ3) is 3.19. The van der Waals surface area contributed by atoms with Crippen molar-refractivity contribution in [1.29, 1.82) is 0 Å². The van der Waals surface area contributed by atoms with Gasteiger partial charge in [0.25, 0.3) is 0 Å². The fraction of sp³-hybridized carbons (Fsp3) is 0. The number of nitrogens with zero attached hydrogens (tertiary/aromatic N) is 1. The molecule has 0 aliphatic heterocycles. The summed E-state index contributed by atoms with van der Waals surface area (Å²) >= 11 is 6.03. The van der Waals surface area contributed by atoms with E-state index < -0.39 is 0 Å². The van der Waals surface area contributed by atoms with E-state index >= 15 is 0 Å². The molecule has 6 rings (SSSR count). The molecule has 2 heteroatoms. The lowest BCUT2D eigenvalue weighted by molar-refractivity contribution is 1.18. The maximum absolute atomic E-state index is 6.03. The van der Waals surface area contributed by atoms with Gasteiger partial charge >= 0.3 is 0 Å². The van der Waals surface area contributed by atoms with Crippen LogP contribution >= 0.6 is 11.6 Å². The van der Waals surface area contributed by atoms with Crippen molar-refractivity contribution in [2.75, 3.05) is 0 Å². The Balaban J connectivity index is 1.45.